The second-order valence-corrected chi connectivity index (χ2v) is 4.78. The number of rotatable bonds is 5. The van der Waals surface area contributed by atoms with E-state index in [-0.39, 0.29) is 11.9 Å². The van der Waals surface area contributed by atoms with E-state index < -0.39 is 5.60 Å². The van der Waals surface area contributed by atoms with Crippen molar-refractivity contribution < 1.29 is 9.90 Å². The van der Waals surface area contributed by atoms with Gasteiger partial charge in [0.25, 0.3) is 0 Å². The minimum atomic E-state index is -0.767. The maximum Gasteiger partial charge on any atom is 0.239 e. The molecule has 1 unspecified atom stereocenters. The molecule has 0 aliphatic rings. The monoisotopic (exact) mass is 216 g/mol. The van der Waals surface area contributed by atoms with Crippen LogP contribution in [0.1, 0.15) is 27.7 Å². The fourth-order valence-electron chi connectivity index (χ4n) is 1.55. The van der Waals surface area contributed by atoms with Crippen molar-refractivity contribution >= 4 is 5.91 Å². The van der Waals surface area contributed by atoms with Gasteiger partial charge in [-0.1, -0.05) is 6.92 Å². The van der Waals surface area contributed by atoms with Crippen molar-refractivity contribution in [2.24, 2.45) is 0 Å². The Kier molecular flexibility index (Phi) is 5.24. The Morgan fingerprint density at radius 1 is 1.40 bits per heavy atom. The Bertz CT molecular complexity index is 209. The standard InChI is InChI=1S/C11H24N2O2/c1-7-13(8-11(3,4)15)9(2)10(14)12(5)6/h9,15H,7-8H2,1-6H3. The van der Waals surface area contributed by atoms with Crippen LogP contribution < -0.4 is 0 Å². The summed E-state index contributed by atoms with van der Waals surface area (Å²) in [6, 6.07) is -0.184. The van der Waals surface area contributed by atoms with Crippen LogP contribution >= 0.6 is 0 Å². The first kappa shape index (κ1) is 14.4. The second kappa shape index (κ2) is 5.47. The molecule has 0 aromatic heterocycles. The van der Waals surface area contributed by atoms with Gasteiger partial charge in [0.15, 0.2) is 0 Å². The number of carbonyl (C=O) groups excluding carboxylic acids is 1. The van der Waals surface area contributed by atoms with Crippen molar-refractivity contribution in [3.8, 4) is 0 Å². The molecule has 15 heavy (non-hydrogen) atoms. The molecule has 0 aromatic rings. The average Bonchev–Trinajstić information content (AvgIpc) is 2.10. The zero-order valence-electron chi connectivity index (χ0n) is 10.7. The van der Waals surface area contributed by atoms with Gasteiger partial charge in [-0.2, -0.15) is 0 Å². The summed E-state index contributed by atoms with van der Waals surface area (Å²) in [5, 5.41) is 9.72. The molecule has 0 fully saturated rings. The van der Waals surface area contributed by atoms with Gasteiger partial charge in [-0.25, -0.2) is 0 Å². The minimum Gasteiger partial charge on any atom is -0.389 e. The van der Waals surface area contributed by atoms with Crippen LogP contribution in [0.4, 0.5) is 0 Å². The summed E-state index contributed by atoms with van der Waals surface area (Å²) in [5.41, 5.74) is -0.767. The van der Waals surface area contributed by atoms with E-state index >= 15 is 0 Å². The van der Waals surface area contributed by atoms with Crippen molar-refractivity contribution in [2.75, 3.05) is 27.2 Å². The number of aliphatic hydroxyl groups is 1. The lowest BCUT2D eigenvalue weighted by atomic mass is 10.1. The molecule has 1 amide bonds. The van der Waals surface area contributed by atoms with E-state index in [1.165, 1.54) is 0 Å². The minimum absolute atomic E-state index is 0.0705. The Hall–Kier alpha value is -0.610. The van der Waals surface area contributed by atoms with Crippen LogP contribution in [0.5, 0.6) is 0 Å². The van der Waals surface area contributed by atoms with Gasteiger partial charge in [0.05, 0.1) is 11.6 Å². The summed E-state index contributed by atoms with van der Waals surface area (Å²) < 4.78 is 0. The number of likely N-dealkylation sites (N-methyl/N-ethyl adjacent to an activating group) is 2. The lowest BCUT2D eigenvalue weighted by Gasteiger charge is -2.33. The summed E-state index contributed by atoms with van der Waals surface area (Å²) >= 11 is 0. The maximum atomic E-state index is 11.7. The third kappa shape index (κ3) is 5.14. The molecule has 0 aliphatic heterocycles. The molecular formula is C11H24N2O2. The third-order valence-corrected chi connectivity index (χ3v) is 2.34. The second-order valence-electron chi connectivity index (χ2n) is 4.78. The highest BCUT2D eigenvalue weighted by Gasteiger charge is 2.26. The molecule has 0 radical (unpaired) electrons. The zero-order valence-corrected chi connectivity index (χ0v) is 10.7. The molecule has 0 aliphatic carbocycles. The van der Waals surface area contributed by atoms with Gasteiger partial charge in [-0.05, 0) is 27.3 Å². The summed E-state index contributed by atoms with van der Waals surface area (Å²) in [6.45, 7) is 8.63. The van der Waals surface area contributed by atoms with E-state index in [0.29, 0.717) is 6.54 Å². The average molecular weight is 216 g/mol. The van der Waals surface area contributed by atoms with Crippen molar-refractivity contribution in [1.82, 2.24) is 9.80 Å². The van der Waals surface area contributed by atoms with E-state index in [0.717, 1.165) is 6.54 Å². The molecule has 0 spiro atoms. The predicted molar refractivity (Wildman–Crippen MR) is 61.7 cm³/mol. The molecule has 4 nitrogen and oxygen atoms in total. The summed E-state index contributed by atoms with van der Waals surface area (Å²) in [4.78, 5) is 15.3. The van der Waals surface area contributed by atoms with Crippen LogP contribution in [0.2, 0.25) is 0 Å². The summed E-state index contributed by atoms with van der Waals surface area (Å²) in [7, 11) is 3.49. The van der Waals surface area contributed by atoms with Gasteiger partial charge in [0, 0.05) is 20.6 Å². The maximum absolute atomic E-state index is 11.7. The lowest BCUT2D eigenvalue weighted by molar-refractivity contribution is -0.134. The Morgan fingerprint density at radius 3 is 2.13 bits per heavy atom. The SMILES string of the molecule is CCN(CC(C)(C)O)C(C)C(=O)N(C)C. The number of carbonyl (C=O) groups is 1. The van der Waals surface area contributed by atoms with E-state index in [1.807, 2.05) is 18.7 Å². The predicted octanol–water partition coefficient (Wildman–Crippen LogP) is 0.556. The van der Waals surface area contributed by atoms with Crippen LogP contribution in [0.15, 0.2) is 0 Å². The van der Waals surface area contributed by atoms with E-state index in [1.54, 1.807) is 32.8 Å². The molecule has 1 N–H and O–H groups in total. The number of amides is 1. The molecule has 90 valence electrons. The van der Waals surface area contributed by atoms with Crippen LogP contribution in [-0.2, 0) is 4.79 Å². The highest BCUT2D eigenvalue weighted by Crippen LogP contribution is 2.09. The van der Waals surface area contributed by atoms with Crippen LogP contribution in [0.25, 0.3) is 0 Å². The zero-order chi connectivity index (χ0) is 12.2. The lowest BCUT2D eigenvalue weighted by Crippen LogP contribution is -2.49. The molecular weight excluding hydrogens is 192 g/mol. The molecule has 1 atom stereocenters. The molecule has 4 heteroatoms. The Labute approximate surface area is 92.9 Å². The van der Waals surface area contributed by atoms with Gasteiger partial charge >= 0.3 is 0 Å². The van der Waals surface area contributed by atoms with Gasteiger partial charge in [-0.3, -0.25) is 9.69 Å². The smallest absolute Gasteiger partial charge is 0.239 e. The molecule has 0 heterocycles. The molecule has 0 bridgehead atoms. The first-order valence-corrected chi connectivity index (χ1v) is 5.36. The molecule has 0 aromatic carbocycles. The Morgan fingerprint density at radius 2 is 1.87 bits per heavy atom. The van der Waals surface area contributed by atoms with Crippen LogP contribution in [0.3, 0.4) is 0 Å². The summed E-state index contributed by atoms with van der Waals surface area (Å²) in [5.74, 6) is 0.0705. The Balaban J connectivity index is 4.48. The van der Waals surface area contributed by atoms with Gasteiger partial charge in [-0.15, -0.1) is 0 Å². The van der Waals surface area contributed by atoms with Crippen LogP contribution in [0, 0.1) is 0 Å². The van der Waals surface area contributed by atoms with Crippen LogP contribution in [-0.4, -0.2) is 59.6 Å². The van der Waals surface area contributed by atoms with Gasteiger partial charge < -0.3 is 10.0 Å². The van der Waals surface area contributed by atoms with E-state index in [2.05, 4.69) is 0 Å². The number of nitrogens with zero attached hydrogens (tertiary/aromatic N) is 2. The van der Waals surface area contributed by atoms with Gasteiger partial charge in [0.2, 0.25) is 5.91 Å². The summed E-state index contributed by atoms with van der Waals surface area (Å²) in [6.07, 6.45) is 0. The van der Waals surface area contributed by atoms with E-state index in [9.17, 15) is 9.90 Å². The topological polar surface area (TPSA) is 43.8 Å². The quantitative estimate of drug-likeness (QED) is 0.730. The highest BCUT2D eigenvalue weighted by atomic mass is 16.3. The number of hydrogen-bond acceptors (Lipinski definition) is 3. The van der Waals surface area contributed by atoms with E-state index in [4.69, 9.17) is 0 Å². The van der Waals surface area contributed by atoms with Gasteiger partial charge in [0.1, 0.15) is 0 Å². The fraction of sp³-hybridized carbons (Fsp3) is 0.909. The fourth-order valence-corrected chi connectivity index (χ4v) is 1.55. The van der Waals surface area contributed by atoms with Crippen molar-refractivity contribution in [3.05, 3.63) is 0 Å². The molecule has 0 rings (SSSR count). The number of hydrogen-bond donors (Lipinski definition) is 1. The molecule has 0 saturated heterocycles. The van der Waals surface area contributed by atoms with Crippen molar-refractivity contribution in [3.63, 3.8) is 0 Å². The normalized spacial score (nSPS) is 14.1. The van der Waals surface area contributed by atoms with Crippen molar-refractivity contribution in [2.45, 2.75) is 39.3 Å². The first-order valence-electron chi connectivity index (χ1n) is 5.36. The first-order chi connectivity index (χ1) is 6.69. The largest absolute Gasteiger partial charge is 0.389 e. The third-order valence-electron chi connectivity index (χ3n) is 2.34. The highest BCUT2D eigenvalue weighted by molar-refractivity contribution is 5.80. The van der Waals surface area contributed by atoms with Crippen molar-refractivity contribution in [1.29, 1.82) is 0 Å². The molecule has 0 saturated carbocycles.